The zero-order chi connectivity index (χ0) is 13.0. The first-order valence-electron chi connectivity index (χ1n) is 5.27. The molecule has 1 aromatic carbocycles. The molecule has 0 bridgehead atoms. The van der Waals surface area contributed by atoms with Gasteiger partial charge in [-0.15, -0.1) is 0 Å². The second-order valence-corrected chi connectivity index (χ2v) is 5.44. The van der Waals surface area contributed by atoms with Crippen molar-refractivity contribution in [2.24, 2.45) is 0 Å². The van der Waals surface area contributed by atoms with Crippen molar-refractivity contribution in [1.29, 1.82) is 0 Å². The predicted molar refractivity (Wildman–Crippen MR) is 74.7 cm³/mol. The molecule has 3 nitrogen and oxygen atoms in total. The smallest absolute Gasteiger partial charge is 0.254 e. The highest BCUT2D eigenvalue weighted by molar-refractivity contribution is 9.10. The number of carbonyl (C=O) groups is 1. The molecule has 17 heavy (non-hydrogen) atoms. The summed E-state index contributed by atoms with van der Waals surface area (Å²) in [5, 5.41) is 0.615. The average Bonchev–Trinajstić information content (AvgIpc) is 2.25. The fraction of sp³-hybridized carbons (Fsp3) is 0.417. The van der Waals surface area contributed by atoms with Crippen LogP contribution in [0.4, 0.5) is 0 Å². The Balaban J connectivity index is 2.75. The van der Waals surface area contributed by atoms with E-state index in [0.717, 1.165) is 11.0 Å². The van der Waals surface area contributed by atoms with Crippen molar-refractivity contribution in [3.63, 3.8) is 0 Å². The molecule has 0 saturated heterocycles. The summed E-state index contributed by atoms with van der Waals surface area (Å²) in [6, 6.07) is 5.19. The van der Waals surface area contributed by atoms with Crippen LogP contribution in [-0.2, 0) is 0 Å². The average molecular weight is 320 g/mol. The zero-order valence-electron chi connectivity index (χ0n) is 10.2. The fourth-order valence-corrected chi connectivity index (χ4v) is 2.17. The monoisotopic (exact) mass is 318 g/mol. The van der Waals surface area contributed by atoms with E-state index in [-0.39, 0.29) is 5.91 Å². The molecular weight excluding hydrogens is 304 g/mol. The summed E-state index contributed by atoms with van der Waals surface area (Å²) in [5.41, 5.74) is 0.635. The van der Waals surface area contributed by atoms with Crippen LogP contribution in [0.3, 0.4) is 0 Å². The number of hydrogen-bond donors (Lipinski definition) is 0. The molecule has 0 spiro atoms. The van der Waals surface area contributed by atoms with Gasteiger partial charge in [0.15, 0.2) is 0 Å². The van der Waals surface area contributed by atoms with Gasteiger partial charge in [-0.3, -0.25) is 4.79 Å². The van der Waals surface area contributed by atoms with Gasteiger partial charge in [0.2, 0.25) is 0 Å². The molecule has 0 aliphatic heterocycles. The van der Waals surface area contributed by atoms with Crippen LogP contribution in [0.25, 0.3) is 0 Å². The first-order chi connectivity index (χ1) is 7.91. The number of benzene rings is 1. The third-order valence-corrected chi connectivity index (χ3v) is 3.28. The minimum atomic E-state index is -0.00427. The molecule has 0 heterocycles. The van der Waals surface area contributed by atoms with Gasteiger partial charge < -0.3 is 9.80 Å². The maximum atomic E-state index is 12.1. The standard InChI is InChI=1S/C12H16BrClN2O/c1-15(2)6-7-16(3)12(17)10-5-4-9(14)8-11(10)13/h4-5,8H,6-7H2,1-3H3. The van der Waals surface area contributed by atoms with Crippen LogP contribution >= 0.6 is 27.5 Å². The Morgan fingerprint density at radius 1 is 1.29 bits per heavy atom. The Labute approximate surface area is 115 Å². The van der Waals surface area contributed by atoms with Crippen molar-refractivity contribution < 1.29 is 4.79 Å². The van der Waals surface area contributed by atoms with E-state index in [1.807, 2.05) is 19.0 Å². The molecular formula is C12H16BrClN2O. The Bertz CT molecular complexity index is 409. The lowest BCUT2D eigenvalue weighted by molar-refractivity contribution is 0.0785. The third kappa shape index (κ3) is 4.30. The van der Waals surface area contributed by atoms with Crippen molar-refractivity contribution in [1.82, 2.24) is 9.80 Å². The molecule has 94 valence electrons. The van der Waals surface area contributed by atoms with Gasteiger partial charge in [0.05, 0.1) is 5.56 Å². The molecule has 0 aliphatic rings. The van der Waals surface area contributed by atoms with Crippen molar-refractivity contribution in [3.05, 3.63) is 33.3 Å². The van der Waals surface area contributed by atoms with Gasteiger partial charge in [0.1, 0.15) is 0 Å². The minimum absolute atomic E-state index is 0.00427. The Kier molecular flexibility index (Phi) is 5.43. The molecule has 0 N–H and O–H groups in total. The van der Waals surface area contributed by atoms with Gasteiger partial charge >= 0.3 is 0 Å². The summed E-state index contributed by atoms with van der Waals surface area (Å²) in [6.07, 6.45) is 0. The first-order valence-corrected chi connectivity index (χ1v) is 6.44. The SMILES string of the molecule is CN(C)CCN(C)C(=O)c1ccc(Cl)cc1Br. The highest BCUT2D eigenvalue weighted by Crippen LogP contribution is 2.22. The maximum absolute atomic E-state index is 12.1. The van der Waals surface area contributed by atoms with Gasteiger partial charge in [-0.2, -0.15) is 0 Å². The molecule has 0 fully saturated rings. The second kappa shape index (κ2) is 6.38. The molecule has 0 unspecified atom stereocenters. The highest BCUT2D eigenvalue weighted by atomic mass is 79.9. The lowest BCUT2D eigenvalue weighted by Gasteiger charge is -2.20. The van der Waals surface area contributed by atoms with Crippen LogP contribution in [0.15, 0.2) is 22.7 Å². The van der Waals surface area contributed by atoms with Crippen molar-refractivity contribution in [2.75, 3.05) is 34.2 Å². The maximum Gasteiger partial charge on any atom is 0.254 e. The van der Waals surface area contributed by atoms with Crippen LogP contribution in [0.2, 0.25) is 5.02 Å². The van der Waals surface area contributed by atoms with Crippen LogP contribution in [0.5, 0.6) is 0 Å². The fourth-order valence-electron chi connectivity index (χ4n) is 1.32. The normalized spacial score (nSPS) is 10.7. The van der Waals surface area contributed by atoms with Crippen molar-refractivity contribution in [2.45, 2.75) is 0 Å². The van der Waals surface area contributed by atoms with Crippen LogP contribution in [0, 0.1) is 0 Å². The molecule has 1 amide bonds. The van der Waals surface area contributed by atoms with Gasteiger partial charge in [-0.1, -0.05) is 11.6 Å². The Morgan fingerprint density at radius 3 is 2.47 bits per heavy atom. The van der Waals surface area contributed by atoms with E-state index in [9.17, 15) is 4.79 Å². The summed E-state index contributed by atoms with van der Waals surface area (Å²) >= 11 is 9.20. The predicted octanol–water partition coefficient (Wildman–Crippen LogP) is 2.74. The summed E-state index contributed by atoms with van der Waals surface area (Å²) in [6.45, 7) is 1.54. The Hall–Kier alpha value is -0.580. The topological polar surface area (TPSA) is 23.6 Å². The quantitative estimate of drug-likeness (QED) is 0.852. The number of carbonyl (C=O) groups excluding carboxylic acids is 1. The van der Waals surface area contributed by atoms with E-state index >= 15 is 0 Å². The van der Waals surface area contributed by atoms with E-state index in [2.05, 4.69) is 15.9 Å². The van der Waals surface area contributed by atoms with E-state index in [1.165, 1.54) is 0 Å². The van der Waals surface area contributed by atoms with E-state index in [4.69, 9.17) is 11.6 Å². The van der Waals surface area contributed by atoms with Gasteiger partial charge in [-0.25, -0.2) is 0 Å². The van der Waals surface area contributed by atoms with Gasteiger partial charge in [0.25, 0.3) is 5.91 Å². The second-order valence-electron chi connectivity index (χ2n) is 4.15. The molecule has 0 radical (unpaired) electrons. The molecule has 0 aromatic heterocycles. The largest absolute Gasteiger partial charge is 0.340 e. The zero-order valence-corrected chi connectivity index (χ0v) is 12.5. The first kappa shape index (κ1) is 14.5. The summed E-state index contributed by atoms with van der Waals surface area (Å²) in [4.78, 5) is 15.9. The number of hydrogen-bond acceptors (Lipinski definition) is 2. The van der Waals surface area contributed by atoms with Crippen LogP contribution in [0.1, 0.15) is 10.4 Å². The summed E-state index contributed by atoms with van der Waals surface area (Å²) in [5.74, 6) is -0.00427. The lowest BCUT2D eigenvalue weighted by atomic mass is 10.2. The molecule has 1 aromatic rings. The highest BCUT2D eigenvalue weighted by Gasteiger charge is 2.14. The lowest BCUT2D eigenvalue weighted by Crippen LogP contribution is -2.33. The molecule has 0 atom stereocenters. The van der Waals surface area contributed by atoms with Crippen LogP contribution < -0.4 is 0 Å². The summed E-state index contributed by atoms with van der Waals surface area (Å²) in [7, 11) is 5.76. The minimum Gasteiger partial charge on any atom is -0.340 e. The number of likely N-dealkylation sites (N-methyl/N-ethyl adjacent to an activating group) is 2. The number of nitrogens with zero attached hydrogens (tertiary/aromatic N) is 2. The summed E-state index contributed by atoms with van der Waals surface area (Å²) < 4.78 is 0.728. The number of halogens is 2. The van der Waals surface area contributed by atoms with Crippen molar-refractivity contribution >= 4 is 33.4 Å². The molecule has 0 saturated carbocycles. The Morgan fingerprint density at radius 2 is 1.94 bits per heavy atom. The van der Waals surface area contributed by atoms with E-state index < -0.39 is 0 Å². The van der Waals surface area contributed by atoms with Crippen molar-refractivity contribution in [3.8, 4) is 0 Å². The third-order valence-electron chi connectivity index (χ3n) is 2.39. The number of rotatable bonds is 4. The molecule has 5 heteroatoms. The molecule has 0 aliphatic carbocycles. The van der Waals surface area contributed by atoms with Gasteiger partial charge in [-0.05, 0) is 48.2 Å². The molecule has 1 rings (SSSR count). The van der Waals surface area contributed by atoms with Gasteiger partial charge in [0, 0.05) is 29.6 Å². The van der Waals surface area contributed by atoms with E-state index in [0.29, 0.717) is 17.1 Å². The van der Waals surface area contributed by atoms with E-state index in [1.54, 1.807) is 30.1 Å². The number of amides is 1. The van der Waals surface area contributed by atoms with Crippen LogP contribution in [-0.4, -0.2) is 49.9 Å².